The lowest BCUT2D eigenvalue weighted by Gasteiger charge is -2.05. The van der Waals surface area contributed by atoms with Gasteiger partial charge in [-0.1, -0.05) is 13.8 Å². The lowest BCUT2D eigenvalue weighted by atomic mass is 10.1. The van der Waals surface area contributed by atoms with Crippen molar-refractivity contribution >= 4 is 0 Å². The second-order valence-electron chi connectivity index (χ2n) is 1.86. The summed E-state index contributed by atoms with van der Waals surface area (Å²) in [5.41, 5.74) is 0. The third kappa shape index (κ3) is 4.13. The van der Waals surface area contributed by atoms with Gasteiger partial charge in [0.15, 0.2) is 0 Å². The molecule has 0 saturated carbocycles. The van der Waals surface area contributed by atoms with Crippen LogP contribution >= 0.6 is 0 Å². The van der Waals surface area contributed by atoms with Gasteiger partial charge in [0.25, 0.3) is 0 Å². The Kier molecular flexibility index (Phi) is 5.08. The van der Waals surface area contributed by atoms with E-state index in [1.165, 1.54) is 5.92 Å². The minimum absolute atomic E-state index is 0.581. The molecule has 0 aliphatic rings. The molecule has 2 radical (unpaired) electrons. The van der Waals surface area contributed by atoms with Gasteiger partial charge >= 0.3 is 0 Å². The van der Waals surface area contributed by atoms with Crippen LogP contribution in [0.2, 0.25) is 0 Å². The third-order valence-corrected chi connectivity index (χ3v) is 1.10. The average molecular weight is 114 g/mol. The summed E-state index contributed by atoms with van der Waals surface area (Å²) in [7, 11) is 0. The maximum Gasteiger partial charge on any atom is 0.0525 e. The van der Waals surface area contributed by atoms with Crippen LogP contribution in [0.3, 0.4) is 0 Å². The van der Waals surface area contributed by atoms with Crippen LogP contribution in [-0.2, 0) is 4.74 Å². The van der Waals surface area contributed by atoms with Crippen molar-refractivity contribution in [2.45, 2.75) is 20.3 Å². The van der Waals surface area contributed by atoms with E-state index in [-0.39, 0.29) is 0 Å². The molecule has 0 saturated heterocycles. The van der Waals surface area contributed by atoms with Gasteiger partial charge in [-0.2, -0.15) is 0 Å². The first-order chi connectivity index (χ1) is 3.81. The van der Waals surface area contributed by atoms with Gasteiger partial charge in [-0.3, -0.25) is 0 Å². The van der Waals surface area contributed by atoms with E-state index in [0.717, 1.165) is 13.0 Å². The summed E-state index contributed by atoms with van der Waals surface area (Å²) < 4.78 is 5.04. The van der Waals surface area contributed by atoms with E-state index in [9.17, 15) is 0 Å². The van der Waals surface area contributed by atoms with Crippen molar-refractivity contribution in [2.24, 2.45) is 0 Å². The SMILES string of the molecule is [CH2]COC[C](C)CC. The molecule has 1 heteroatoms. The van der Waals surface area contributed by atoms with Crippen LogP contribution in [-0.4, -0.2) is 13.2 Å². The van der Waals surface area contributed by atoms with E-state index in [0.29, 0.717) is 6.61 Å². The van der Waals surface area contributed by atoms with Crippen molar-refractivity contribution in [3.8, 4) is 0 Å². The standard InChI is InChI=1S/C7H14O/c1-4-7(3)6-8-5-2/h2,4-6H2,1,3H3. The molecule has 0 rings (SSSR count). The number of hydrogen-bond acceptors (Lipinski definition) is 1. The Morgan fingerprint density at radius 1 is 1.62 bits per heavy atom. The van der Waals surface area contributed by atoms with Gasteiger partial charge in [0.05, 0.1) is 6.61 Å². The molecule has 0 aromatic rings. The monoisotopic (exact) mass is 114 g/mol. The maximum atomic E-state index is 5.04. The lowest BCUT2D eigenvalue weighted by Crippen LogP contribution is -2.01. The van der Waals surface area contributed by atoms with Gasteiger partial charge in [0.2, 0.25) is 0 Å². The molecule has 0 N–H and O–H groups in total. The summed E-state index contributed by atoms with van der Waals surface area (Å²) in [6.45, 7) is 9.13. The fraction of sp³-hybridized carbons (Fsp3) is 0.714. The summed E-state index contributed by atoms with van der Waals surface area (Å²) in [4.78, 5) is 0. The fourth-order valence-electron chi connectivity index (χ4n) is 0.348. The first-order valence-electron chi connectivity index (χ1n) is 2.99. The van der Waals surface area contributed by atoms with Crippen molar-refractivity contribution in [3.63, 3.8) is 0 Å². The van der Waals surface area contributed by atoms with E-state index in [1.54, 1.807) is 0 Å². The van der Waals surface area contributed by atoms with Crippen LogP contribution in [0.15, 0.2) is 0 Å². The molecule has 0 atom stereocenters. The van der Waals surface area contributed by atoms with Crippen LogP contribution in [0, 0.1) is 12.8 Å². The fourth-order valence-corrected chi connectivity index (χ4v) is 0.348. The smallest absolute Gasteiger partial charge is 0.0525 e. The molecule has 0 fully saturated rings. The van der Waals surface area contributed by atoms with Gasteiger partial charge in [-0.25, -0.2) is 0 Å². The maximum absolute atomic E-state index is 5.04. The molecule has 1 nitrogen and oxygen atoms in total. The Bertz CT molecular complexity index is 43.7. The molecule has 0 aliphatic carbocycles. The Hall–Kier alpha value is -0.0400. The van der Waals surface area contributed by atoms with Crippen molar-refractivity contribution < 1.29 is 4.74 Å². The van der Waals surface area contributed by atoms with Gasteiger partial charge < -0.3 is 4.74 Å². The highest BCUT2D eigenvalue weighted by Crippen LogP contribution is 2.02. The predicted molar refractivity (Wildman–Crippen MR) is 35.4 cm³/mol. The molecule has 0 aromatic carbocycles. The molecule has 8 heavy (non-hydrogen) atoms. The molecular weight excluding hydrogens is 100 g/mol. The van der Waals surface area contributed by atoms with Crippen LogP contribution < -0.4 is 0 Å². The highest BCUT2D eigenvalue weighted by Gasteiger charge is 1.95. The highest BCUT2D eigenvalue weighted by atomic mass is 16.5. The summed E-state index contributed by atoms with van der Waals surface area (Å²) in [6.07, 6.45) is 1.11. The average Bonchev–Trinajstić information content (AvgIpc) is 1.83. The first kappa shape index (κ1) is 7.96. The summed E-state index contributed by atoms with van der Waals surface area (Å²) in [5, 5.41) is 0. The van der Waals surface area contributed by atoms with Crippen LogP contribution in [0.5, 0.6) is 0 Å². The zero-order chi connectivity index (χ0) is 6.41. The van der Waals surface area contributed by atoms with Gasteiger partial charge in [-0.15, -0.1) is 0 Å². The molecule has 0 bridgehead atoms. The van der Waals surface area contributed by atoms with Crippen molar-refractivity contribution in [1.82, 2.24) is 0 Å². The summed E-state index contributed by atoms with van der Waals surface area (Å²) in [6, 6.07) is 0. The van der Waals surface area contributed by atoms with E-state index in [1.807, 2.05) is 0 Å². The zero-order valence-electron chi connectivity index (χ0n) is 5.74. The van der Waals surface area contributed by atoms with Crippen molar-refractivity contribution in [2.75, 3.05) is 13.2 Å². The largest absolute Gasteiger partial charge is 0.381 e. The highest BCUT2D eigenvalue weighted by molar-refractivity contribution is 4.80. The van der Waals surface area contributed by atoms with Crippen LogP contribution in [0.1, 0.15) is 20.3 Å². The van der Waals surface area contributed by atoms with Crippen LogP contribution in [0.25, 0.3) is 0 Å². The topological polar surface area (TPSA) is 9.23 Å². The Morgan fingerprint density at radius 2 is 2.25 bits per heavy atom. The minimum atomic E-state index is 0.581. The number of ether oxygens (including phenoxy) is 1. The molecule has 0 unspecified atom stereocenters. The molecule has 48 valence electrons. The Labute approximate surface area is 52.0 Å². The predicted octanol–water partition coefficient (Wildman–Crippen LogP) is 1.84. The molecule has 0 aromatic heterocycles. The second-order valence-corrected chi connectivity index (χ2v) is 1.86. The van der Waals surface area contributed by atoms with Gasteiger partial charge in [0.1, 0.15) is 0 Å². The third-order valence-electron chi connectivity index (χ3n) is 1.10. The Balaban J connectivity index is 2.86. The molecule has 0 amide bonds. The molecular formula is C7H14O. The van der Waals surface area contributed by atoms with E-state index < -0.39 is 0 Å². The number of rotatable bonds is 4. The lowest BCUT2D eigenvalue weighted by molar-refractivity contribution is 0.169. The van der Waals surface area contributed by atoms with E-state index in [2.05, 4.69) is 20.8 Å². The zero-order valence-corrected chi connectivity index (χ0v) is 5.74. The summed E-state index contributed by atoms with van der Waals surface area (Å²) in [5.74, 6) is 1.38. The van der Waals surface area contributed by atoms with Gasteiger partial charge in [0, 0.05) is 6.61 Å². The van der Waals surface area contributed by atoms with E-state index >= 15 is 0 Å². The molecule has 0 spiro atoms. The first-order valence-corrected chi connectivity index (χ1v) is 2.99. The quantitative estimate of drug-likeness (QED) is 0.542. The van der Waals surface area contributed by atoms with Crippen LogP contribution in [0.4, 0.5) is 0 Å². The normalized spacial score (nSPS) is 10.5. The minimum Gasteiger partial charge on any atom is -0.381 e. The Morgan fingerprint density at radius 3 is 2.62 bits per heavy atom. The molecule has 0 aliphatic heterocycles. The summed E-state index contributed by atoms with van der Waals surface area (Å²) >= 11 is 0. The second kappa shape index (κ2) is 5.10. The van der Waals surface area contributed by atoms with Crippen molar-refractivity contribution in [1.29, 1.82) is 0 Å². The molecule has 0 heterocycles. The van der Waals surface area contributed by atoms with Crippen molar-refractivity contribution in [3.05, 3.63) is 12.8 Å². The number of hydrogen-bond donors (Lipinski definition) is 0. The van der Waals surface area contributed by atoms with E-state index in [4.69, 9.17) is 4.74 Å². The van der Waals surface area contributed by atoms with Gasteiger partial charge in [-0.05, 0) is 19.3 Å².